The first-order chi connectivity index (χ1) is 6.22. The highest BCUT2D eigenvalue weighted by Gasteiger charge is 2.08. The SMILES string of the molecule is Oc1ccc(CCl)c2sc(F)cc12. The van der Waals surface area contributed by atoms with Crippen LogP contribution in [0.4, 0.5) is 4.39 Å². The van der Waals surface area contributed by atoms with E-state index in [-0.39, 0.29) is 10.9 Å². The van der Waals surface area contributed by atoms with Crippen molar-refractivity contribution >= 4 is 33.0 Å². The van der Waals surface area contributed by atoms with Crippen molar-refractivity contribution in [1.82, 2.24) is 0 Å². The molecule has 0 radical (unpaired) electrons. The van der Waals surface area contributed by atoms with E-state index in [0.717, 1.165) is 21.6 Å². The fourth-order valence-corrected chi connectivity index (χ4v) is 2.46. The van der Waals surface area contributed by atoms with E-state index in [1.165, 1.54) is 12.1 Å². The second-order valence-corrected chi connectivity index (χ2v) is 3.94. The van der Waals surface area contributed by atoms with Gasteiger partial charge in [0.1, 0.15) is 5.75 Å². The average molecular weight is 217 g/mol. The van der Waals surface area contributed by atoms with Crippen LogP contribution in [0.3, 0.4) is 0 Å². The van der Waals surface area contributed by atoms with Gasteiger partial charge in [0, 0.05) is 16.0 Å². The number of benzene rings is 1. The highest BCUT2D eigenvalue weighted by atomic mass is 35.5. The van der Waals surface area contributed by atoms with Gasteiger partial charge in [-0.3, -0.25) is 0 Å². The quantitative estimate of drug-likeness (QED) is 0.724. The molecule has 2 aromatic rings. The maximum absolute atomic E-state index is 12.9. The maximum atomic E-state index is 12.9. The van der Waals surface area contributed by atoms with E-state index >= 15 is 0 Å². The molecule has 4 heteroatoms. The van der Waals surface area contributed by atoms with Crippen LogP contribution in [0.15, 0.2) is 18.2 Å². The summed E-state index contributed by atoms with van der Waals surface area (Å²) in [7, 11) is 0. The number of rotatable bonds is 1. The summed E-state index contributed by atoms with van der Waals surface area (Å²) in [5.74, 6) is 0.431. The number of aromatic hydroxyl groups is 1. The number of phenols is 1. The van der Waals surface area contributed by atoms with Crippen molar-refractivity contribution in [3.63, 3.8) is 0 Å². The molecular weight excluding hydrogens is 211 g/mol. The third kappa shape index (κ3) is 1.38. The summed E-state index contributed by atoms with van der Waals surface area (Å²) in [5, 5.41) is 9.64. The third-order valence-corrected chi connectivity index (χ3v) is 3.14. The molecular formula is C9H6ClFOS. The van der Waals surface area contributed by atoms with Crippen molar-refractivity contribution in [3.05, 3.63) is 28.9 Å². The Morgan fingerprint density at radius 3 is 2.92 bits per heavy atom. The Hall–Kier alpha value is -0.800. The van der Waals surface area contributed by atoms with Crippen LogP contribution < -0.4 is 0 Å². The summed E-state index contributed by atoms with van der Waals surface area (Å²) in [4.78, 5) is 0. The number of hydrogen-bond acceptors (Lipinski definition) is 2. The van der Waals surface area contributed by atoms with Gasteiger partial charge in [-0.2, -0.15) is 4.39 Å². The van der Waals surface area contributed by atoms with Crippen LogP contribution in [0.2, 0.25) is 0 Å². The van der Waals surface area contributed by atoms with Gasteiger partial charge >= 0.3 is 0 Å². The zero-order chi connectivity index (χ0) is 9.42. The number of phenolic OH excluding ortho intramolecular Hbond substituents is 1. The zero-order valence-electron chi connectivity index (χ0n) is 6.55. The molecule has 1 N–H and O–H groups in total. The highest BCUT2D eigenvalue weighted by Crippen LogP contribution is 2.34. The first-order valence-corrected chi connectivity index (χ1v) is 5.03. The Morgan fingerprint density at radius 1 is 1.46 bits per heavy atom. The summed E-state index contributed by atoms with van der Waals surface area (Å²) >= 11 is 6.68. The lowest BCUT2D eigenvalue weighted by atomic mass is 10.2. The van der Waals surface area contributed by atoms with Crippen molar-refractivity contribution in [3.8, 4) is 5.75 Å². The Labute approximate surface area is 83.4 Å². The molecule has 0 aliphatic heterocycles. The second kappa shape index (κ2) is 3.16. The summed E-state index contributed by atoms with van der Waals surface area (Å²) in [6.07, 6.45) is 0. The van der Waals surface area contributed by atoms with Gasteiger partial charge in [0.15, 0.2) is 5.13 Å². The van der Waals surface area contributed by atoms with E-state index in [0.29, 0.717) is 11.3 Å². The number of thiophene rings is 1. The minimum atomic E-state index is -0.303. The van der Waals surface area contributed by atoms with Crippen LogP contribution in [-0.4, -0.2) is 5.11 Å². The van der Waals surface area contributed by atoms with Gasteiger partial charge in [-0.25, -0.2) is 0 Å². The van der Waals surface area contributed by atoms with Gasteiger partial charge < -0.3 is 5.11 Å². The third-order valence-electron chi connectivity index (χ3n) is 1.86. The van der Waals surface area contributed by atoms with E-state index in [4.69, 9.17) is 11.6 Å². The van der Waals surface area contributed by atoms with Gasteiger partial charge in [0.25, 0.3) is 0 Å². The van der Waals surface area contributed by atoms with E-state index in [1.807, 2.05) is 0 Å². The minimum Gasteiger partial charge on any atom is -0.507 e. The fraction of sp³-hybridized carbons (Fsp3) is 0.111. The molecule has 1 nitrogen and oxygen atoms in total. The van der Waals surface area contributed by atoms with Crippen LogP contribution in [0, 0.1) is 5.13 Å². The number of alkyl halides is 1. The van der Waals surface area contributed by atoms with Crippen molar-refractivity contribution in [2.75, 3.05) is 0 Å². The molecule has 0 fully saturated rings. The normalized spacial score (nSPS) is 10.9. The topological polar surface area (TPSA) is 20.2 Å². The van der Waals surface area contributed by atoms with E-state index in [9.17, 15) is 9.50 Å². The smallest absolute Gasteiger partial charge is 0.177 e. The summed E-state index contributed by atoms with van der Waals surface area (Å²) < 4.78 is 13.6. The Balaban J connectivity index is 2.83. The predicted octanol–water partition coefficient (Wildman–Crippen LogP) is 3.48. The summed E-state index contributed by atoms with van der Waals surface area (Å²) in [5.41, 5.74) is 0.850. The van der Waals surface area contributed by atoms with Gasteiger partial charge in [-0.15, -0.1) is 22.9 Å². The monoisotopic (exact) mass is 216 g/mol. The van der Waals surface area contributed by atoms with Gasteiger partial charge in [-0.1, -0.05) is 6.07 Å². The summed E-state index contributed by atoms with van der Waals surface area (Å²) in [6.45, 7) is 0. The van der Waals surface area contributed by atoms with Crippen LogP contribution in [0.5, 0.6) is 5.75 Å². The van der Waals surface area contributed by atoms with Crippen molar-refractivity contribution in [2.24, 2.45) is 0 Å². The molecule has 0 amide bonds. The van der Waals surface area contributed by atoms with Crippen molar-refractivity contribution in [1.29, 1.82) is 0 Å². The van der Waals surface area contributed by atoms with Crippen LogP contribution in [0.25, 0.3) is 10.1 Å². The number of hydrogen-bond donors (Lipinski definition) is 1. The maximum Gasteiger partial charge on any atom is 0.177 e. The zero-order valence-corrected chi connectivity index (χ0v) is 8.12. The minimum absolute atomic E-state index is 0.101. The first-order valence-electron chi connectivity index (χ1n) is 3.68. The standard InChI is InChI=1S/C9H6ClFOS/c10-4-5-1-2-7(12)6-3-8(11)13-9(5)6/h1-3,12H,4H2. The first kappa shape index (κ1) is 8.78. The van der Waals surface area contributed by atoms with Gasteiger partial charge in [0.05, 0.1) is 0 Å². The molecule has 0 saturated carbocycles. The van der Waals surface area contributed by atoms with Gasteiger partial charge in [-0.05, 0) is 17.7 Å². The number of halogens is 2. The lowest BCUT2D eigenvalue weighted by molar-refractivity contribution is 0.481. The molecule has 2 rings (SSSR count). The van der Waals surface area contributed by atoms with Crippen molar-refractivity contribution in [2.45, 2.75) is 5.88 Å². The molecule has 0 aliphatic rings. The Morgan fingerprint density at radius 2 is 2.23 bits per heavy atom. The fourth-order valence-electron chi connectivity index (χ4n) is 1.24. The molecule has 1 aromatic heterocycles. The number of fused-ring (bicyclic) bond motifs is 1. The molecule has 0 saturated heterocycles. The van der Waals surface area contributed by atoms with Crippen molar-refractivity contribution < 1.29 is 9.50 Å². The molecule has 0 bridgehead atoms. The van der Waals surface area contributed by atoms with E-state index in [2.05, 4.69) is 0 Å². The molecule has 1 heterocycles. The lowest BCUT2D eigenvalue weighted by Crippen LogP contribution is -1.76. The second-order valence-electron chi connectivity index (χ2n) is 2.67. The van der Waals surface area contributed by atoms with Crippen LogP contribution >= 0.6 is 22.9 Å². The van der Waals surface area contributed by atoms with Gasteiger partial charge in [0.2, 0.25) is 0 Å². The van der Waals surface area contributed by atoms with E-state index < -0.39 is 0 Å². The Bertz CT molecular complexity index is 452. The van der Waals surface area contributed by atoms with Crippen LogP contribution in [0.1, 0.15) is 5.56 Å². The molecule has 0 atom stereocenters. The Kier molecular flexibility index (Phi) is 2.14. The largest absolute Gasteiger partial charge is 0.507 e. The highest BCUT2D eigenvalue weighted by molar-refractivity contribution is 7.17. The summed E-state index contributed by atoms with van der Waals surface area (Å²) in [6, 6.07) is 4.57. The molecule has 1 aromatic carbocycles. The molecule has 0 unspecified atom stereocenters. The predicted molar refractivity (Wildman–Crippen MR) is 53.0 cm³/mol. The molecule has 13 heavy (non-hydrogen) atoms. The molecule has 0 spiro atoms. The molecule has 0 aliphatic carbocycles. The average Bonchev–Trinajstić information content (AvgIpc) is 2.48. The van der Waals surface area contributed by atoms with E-state index in [1.54, 1.807) is 6.07 Å². The lowest BCUT2D eigenvalue weighted by Gasteiger charge is -1.98. The molecule has 68 valence electrons. The van der Waals surface area contributed by atoms with Crippen LogP contribution in [-0.2, 0) is 5.88 Å².